The Bertz CT molecular complexity index is 2050. The third kappa shape index (κ3) is 8.97. The van der Waals surface area contributed by atoms with Crippen molar-refractivity contribution < 1.29 is 47.8 Å². The Kier molecular flexibility index (Phi) is 12.9. The van der Waals surface area contributed by atoms with Crippen LogP contribution in [0.15, 0.2) is 24.3 Å². The Morgan fingerprint density at radius 1 is 0.650 bits per heavy atom. The van der Waals surface area contributed by atoms with Gasteiger partial charge in [-0.2, -0.15) is 0 Å². The molecule has 18 nitrogen and oxygen atoms in total. The van der Waals surface area contributed by atoms with Crippen LogP contribution in [-0.2, 0) is 37.0 Å². The molecule has 4 saturated heterocycles. The Labute approximate surface area is 349 Å². The molecule has 0 radical (unpaired) electrons. The van der Waals surface area contributed by atoms with Crippen molar-refractivity contribution in [3.8, 4) is 11.5 Å². The molecule has 0 aliphatic carbocycles. The summed E-state index contributed by atoms with van der Waals surface area (Å²) >= 11 is 0. The quantitative estimate of drug-likeness (QED) is 0.358. The summed E-state index contributed by atoms with van der Waals surface area (Å²) in [6.07, 6.45) is 0.809. The van der Waals surface area contributed by atoms with Crippen molar-refractivity contribution in [2.45, 2.75) is 84.7 Å². The van der Waals surface area contributed by atoms with Crippen LogP contribution in [0, 0.1) is 0 Å². The first-order valence-electron chi connectivity index (χ1n) is 20.1. The summed E-state index contributed by atoms with van der Waals surface area (Å²) < 4.78 is 16.5. The van der Waals surface area contributed by atoms with E-state index in [9.17, 15) is 33.6 Å². The first-order chi connectivity index (χ1) is 28.1. The molecule has 2 aromatic carbocycles. The second-order valence-electron chi connectivity index (χ2n) is 16.4. The van der Waals surface area contributed by atoms with E-state index < -0.39 is 29.5 Å². The van der Waals surface area contributed by atoms with Crippen LogP contribution in [0.5, 0.6) is 11.5 Å². The number of nitrogens with zero attached hydrogens (tertiary/aromatic N) is 5. The van der Waals surface area contributed by atoms with Gasteiger partial charge in [-0.15, -0.1) is 0 Å². The SMILES string of the molecule is C.COc1cc(N2CCN(C(=O)OC(C)(C)C)CC2)cc2c1C(=O)N(C1CCC(=O)NC1=O)C2.COc1cc(N2CCNCC2)cc2c1C(=O)N(C1CCC(=O)NC1=O)C2. The van der Waals surface area contributed by atoms with Gasteiger partial charge in [-0.1, -0.05) is 7.43 Å². The van der Waals surface area contributed by atoms with Gasteiger partial charge < -0.3 is 44.0 Å². The number of carbonyl (C=O) groups excluding carboxylic acids is 7. The van der Waals surface area contributed by atoms with Gasteiger partial charge in [0.25, 0.3) is 11.8 Å². The second-order valence-corrected chi connectivity index (χ2v) is 16.4. The number of fused-ring (bicyclic) bond motifs is 2. The zero-order valence-corrected chi connectivity index (χ0v) is 34.2. The molecular weight excluding hydrogens is 777 g/mol. The molecule has 8 rings (SSSR count). The van der Waals surface area contributed by atoms with Crippen molar-refractivity contribution in [1.29, 1.82) is 0 Å². The lowest BCUT2D eigenvalue weighted by atomic mass is 10.0. The van der Waals surface area contributed by atoms with Gasteiger partial charge >= 0.3 is 6.09 Å². The van der Waals surface area contributed by atoms with Gasteiger partial charge in [0.15, 0.2) is 0 Å². The fraction of sp³-hybridized carbons (Fsp3) is 0.548. The Morgan fingerprint density at radius 3 is 1.48 bits per heavy atom. The lowest BCUT2D eigenvalue weighted by Gasteiger charge is -2.37. The highest BCUT2D eigenvalue weighted by atomic mass is 16.6. The summed E-state index contributed by atoms with van der Waals surface area (Å²) in [5.74, 6) is -0.920. The number of carbonyl (C=O) groups is 7. The largest absolute Gasteiger partial charge is 0.496 e. The van der Waals surface area contributed by atoms with Gasteiger partial charge in [0.2, 0.25) is 23.6 Å². The summed E-state index contributed by atoms with van der Waals surface area (Å²) in [6.45, 7) is 12.1. The maximum Gasteiger partial charge on any atom is 0.410 e. The van der Waals surface area contributed by atoms with Crippen molar-refractivity contribution in [3.05, 3.63) is 46.5 Å². The van der Waals surface area contributed by atoms with Crippen molar-refractivity contribution in [2.24, 2.45) is 0 Å². The monoisotopic (exact) mass is 832 g/mol. The highest BCUT2D eigenvalue weighted by Crippen LogP contribution is 2.39. The molecule has 0 aromatic heterocycles. The zero-order chi connectivity index (χ0) is 42.2. The highest BCUT2D eigenvalue weighted by Gasteiger charge is 2.43. The Morgan fingerprint density at radius 2 is 1.08 bits per heavy atom. The smallest absolute Gasteiger partial charge is 0.410 e. The number of hydrogen-bond acceptors (Lipinski definition) is 13. The van der Waals surface area contributed by atoms with E-state index in [0.717, 1.165) is 48.7 Å². The minimum atomic E-state index is -0.673. The van der Waals surface area contributed by atoms with Gasteiger partial charge in [-0.05, 0) is 56.9 Å². The number of piperazine rings is 2. The minimum absolute atomic E-state index is 0. The number of nitrogens with one attached hydrogen (secondary N) is 3. The van der Waals surface area contributed by atoms with E-state index in [-0.39, 0.29) is 56.5 Å². The van der Waals surface area contributed by atoms with E-state index in [0.29, 0.717) is 68.2 Å². The maximum atomic E-state index is 13.1. The fourth-order valence-electron chi connectivity index (χ4n) is 8.39. The number of anilines is 2. The Balaban J connectivity index is 0.000000203. The first-order valence-corrected chi connectivity index (χ1v) is 20.1. The third-order valence-corrected chi connectivity index (χ3v) is 11.4. The molecule has 0 spiro atoms. The van der Waals surface area contributed by atoms with E-state index in [1.165, 1.54) is 12.0 Å². The molecule has 2 atom stereocenters. The first kappa shape index (κ1) is 43.7. The van der Waals surface area contributed by atoms with Crippen LogP contribution in [0.2, 0.25) is 0 Å². The van der Waals surface area contributed by atoms with E-state index in [1.54, 1.807) is 16.9 Å². The third-order valence-electron chi connectivity index (χ3n) is 11.4. The predicted octanol–water partition coefficient (Wildman–Crippen LogP) is 2.02. The number of piperidine rings is 2. The van der Waals surface area contributed by atoms with Gasteiger partial charge in [0, 0.05) is 102 Å². The van der Waals surface area contributed by atoms with E-state index in [1.807, 2.05) is 45.0 Å². The summed E-state index contributed by atoms with van der Waals surface area (Å²) in [4.78, 5) is 95.0. The molecule has 18 heteroatoms. The minimum Gasteiger partial charge on any atom is -0.496 e. The van der Waals surface area contributed by atoms with E-state index >= 15 is 0 Å². The van der Waals surface area contributed by atoms with Crippen LogP contribution in [0.4, 0.5) is 16.2 Å². The standard InChI is InChI=1S/C23H30N4O6.C18H22N4O4.CH4/c1-23(2,3)33-22(31)26-9-7-25(8-10-26)15-11-14-13-27(16-5-6-18(28)24-20(16)29)21(30)19(14)17(12-15)32-4;1-26-14-9-12(21-6-4-19-5-7-21)8-11-10-22(18(25)16(11)14)13-2-3-15(23)20-17(13)24;/h11-12,16H,5-10,13H2,1-4H3,(H,24,28,29);8-9,13,19H,2-7,10H2,1H3,(H,20,23,24);1H4. The zero-order valence-electron chi connectivity index (χ0n) is 34.2. The number of imide groups is 2. The summed E-state index contributed by atoms with van der Waals surface area (Å²) in [5, 5.41) is 7.97. The lowest BCUT2D eigenvalue weighted by molar-refractivity contribution is -0.138. The second kappa shape index (κ2) is 17.7. The van der Waals surface area contributed by atoms with Gasteiger partial charge in [0.1, 0.15) is 29.2 Å². The van der Waals surface area contributed by atoms with E-state index in [2.05, 4.69) is 25.8 Å². The van der Waals surface area contributed by atoms with Crippen LogP contribution in [-0.4, -0.2) is 140 Å². The average Bonchev–Trinajstić information content (AvgIpc) is 3.72. The number of rotatable bonds is 6. The number of benzene rings is 2. The van der Waals surface area contributed by atoms with E-state index in [4.69, 9.17) is 14.2 Å². The molecule has 3 N–H and O–H groups in total. The summed E-state index contributed by atoms with van der Waals surface area (Å²) in [5.41, 5.74) is 4.02. The number of amides is 7. The molecule has 2 aromatic rings. The summed E-state index contributed by atoms with van der Waals surface area (Å²) in [6, 6.07) is 6.41. The van der Waals surface area contributed by atoms with Crippen molar-refractivity contribution in [3.63, 3.8) is 0 Å². The van der Waals surface area contributed by atoms with Gasteiger partial charge in [-0.25, -0.2) is 4.79 Å². The van der Waals surface area contributed by atoms with Crippen molar-refractivity contribution >= 4 is 52.9 Å². The molecule has 60 heavy (non-hydrogen) atoms. The van der Waals surface area contributed by atoms with Crippen LogP contribution in [0.3, 0.4) is 0 Å². The van der Waals surface area contributed by atoms with Crippen LogP contribution >= 0.6 is 0 Å². The van der Waals surface area contributed by atoms with Gasteiger partial charge in [-0.3, -0.25) is 39.4 Å². The number of hydrogen-bond donors (Lipinski definition) is 3. The fourth-order valence-corrected chi connectivity index (χ4v) is 8.39. The lowest BCUT2D eigenvalue weighted by Crippen LogP contribution is -2.52. The molecule has 7 amide bonds. The number of methoxy groups -OCH3 is 2. The topological polar surface area (TPSA) is 199 Å². The van der Waals surface area contributed by atoms with Crippen molar-refractivity contribution in [2.75, 3.05) is 76.4 Å². The van der Waals surface area contributed by atoms with Crippen molar-refractivity contribution in [1.82, 2.24) is 30.7 Å². The molecule has 4 fully saturated rings. The normalized spacial score (nSPS) is 21.6. The maximum absolute atomic E-state index is 13.1. The molecule has 324 valence electrons. The van der Waals surface area contributed by atoms with Crippen LogP contribution < -0.4 is 35.2 Å². The summed E-state index contributed by atoms with van der Waals surface area (Å²) in [7, 11) is 3.07. The highest BCUT2D eigenvalue weighted by molar-refractivity contribution is 6.08. The van der Waals surface area contributed by atoms with Gasteiger partial charge in [0.05, 0.1) is 25.3 Å². The Hall–Kier alpha value is -5.91. The predicted molar refractivity (Wildman–Crippen MR) is 220 cm³/mol. The molecule has 0 bridgehead atoms. The van der Waals surface area contributed by atoms with Crippen LogP contribution in [0.25, 0.3) is 0 Å². The molecule has 6 aliphatic rings. The molecular formula is C42H56N8O10. The molecule has 6 heterocycles. The molecule has 2 unspecified atom stereocenters. The number of ether oxygens (including phenoxy) is 3. The molecule has 0 saturated carbocycles. The average molecular weight is 833 g/mol. The van der Waals surface area contributed by atoms with Crippen LogP contribution in [0.1, 0.15) is 85.7 Å². The molecule has 6 aliphatic heterocycles.